The first-order chi connectivity index (χ1) is 13.7. The van der Waals surface area contributed by atoms with Gasteiger partial charge in [-0.15, -0.1) is 0 Å². The number of benzene rings is 2. The molecule has 0 saturated carbocycles. The van der Waals surface area contributed by atoms with Gasteiger partial charge in [0.15, 0.2) is 0 Å². The lowest BCUT2D eigenvalue weighted by Gasteiger charge is -2.27. The van der Waals surface area contributed by atoms with E-state index in [0.717, 1.165) is 16.4 Å². The monoisotopic (exact) mass is 396 g/mol. The third-order valence-corrected chi connectivity index (χ3v) is 4.86. The van der Waals surface area contributed by atoms with Gasteiger partial charge in [-0.1, -0.05) is 18.2 Å². The highest BCUT2D eigenvalue weighted by Crippen LogP contribution is 2.31. The molecule has 4 rings (SSSR count). The first-order valence-electron chi connectivity index (χ1n) is 9.61. The standard InChI is InChI=1S/C22H24N2O5/c1-22(2,3)29-21(27)24-12-14(25)11-17(24)20(26)23-13-8-9-16-15-6-4-5-7-18(15)28-19(16)10-13/h4-10,14,17,25H,11-12H2,1-3H3,(H,23,26)/t14-,17+/m1/s1. The van der Waals surface area contributed by atoms with Gasteiger partial charge in [0.05, 0.1) is 12.6 Å². The lowest BCUT2D eigenvalue weighted by molar-refractivity contribution is -0.120. The second-order valence-electron chi connectivity index (χ2n) is 8.34. The van der Waals surface area contributed by atoms with E-state index in [2.05, 4.69) is 5.32 Å². The Labute approximate surface area is 168 Å². The molecule has 2 atom stereocenters. The van der Waals surface area contributed by atoms with Crippen LogP contribution >= 0.6 is 0 Å². The van der Waals surface area contributed by atoms with Gasteiger partial charge in [-0.2, -0.15) is 0 Å². The first-order valence-corrected chi connectivity index (χ1v) is 9.61. The molecule has 2 N–H and O–H groups in total. The predicted octanol–water partition coefficient (Wildman–Crippen LogP) is 3.89. The third-order valence-electron chi connectivity index (χ3n) is 4.86. The molecule has 2 heterocycles. The lowest BCUT2D eigenvalue weighted by Crippen LogP contribution is -2.45. The maximum Gasteiger partial charge on any atom is 0.411 e. The van der Waals surface area contributed by atoms with Crippen molar-refractivity contribution in [3.8, 4) is 0 Å². The normalized spacial score (nSPS) is 19.7. The Hall–Kier alpha value is -3.06. The van der Waals surface area contributed by atoms with Gasteiger partial charge in [-0.25, -0.2) is 4.79 Å². The molecular formula is C22H24N2O5. The Morgan fingerprint density at radius 3 is 2.62 bits per heavy atom. The average Bonchev–Trinajstić information content (AvgIpc) is 3.20. The van der Waals surface area contributed by atoms with Crippen LogP contribution in [0.5, 0.6) is 0 Å². The van der Waals surface area contributed by atoms with Crippen LogP contribution in [0, 0.1) is 0 Å². The van der Waals surface area contributed by atoms with E-state index in [9.17, 15) is 14.7 Å². The molecule has 7 nitrogen and oxygen atoms in total. The zero-order valence-corrected chi connectivity index (χ0v) is 16.6. The average molecular weight is 396 g/mol. The van der Waals surface area contributed by atoms with Crippen molar-refractivity contribution >= 4 is 39.6 Å². The minimum atomic E-state index is -0.800. The molecule has 1 saturated heterocycles. The summed E-state index contributed by atoms with van der Waals surface area (Å²) in [5, 5.41) is 14.8. The number of carbonyl (C=O) groups excluding carboxylic acids is 2. The van der Waals surface area contributed by atoms with Crippen LogP contribution in [0.4, 0.5) is 10.5 Å². The number of fused-ring (bicyclic) bond motifs is 3. The number of amides is 2. The van der Waals surface area contributed by atoms with Crippen LogP contribution in [0.1, 0.15) is 27.2 Å². The fourth-order valence-corrected chi connectivity index (χ4v) is 3.61. The molecule has 2 aromatic carbocycles. The number of ether oxygens (including phenoxy) is 1. The van der Waals surface area contributed by atoms with Crippen LogP contribution in [0.3, 0.4) is 0 Å². The Bertz CT molecular complexity index is 1080. The number of aliphatic hydroxyl groups excluding tert-OH is 1. The molecule has 1 aliphatic rings. The molecule has 0 unspecified atom stereocenters. The van der Waals surface area contributed by atoms with E-state index in [-0.39, 0.29) is 18.9 Å². The fourth-order valence-electron chi connectivity index (χ4n) is 3.61. The fraction of sp³-hybridized carbons (Fsp3) is 0.364. The summed E-state index contributed by atoms with van der Waals surface area (Å²) in [5.74, 6) is -0.372. The third kappa shape index (κ3) is 3.91. The zero-order chi connectivity index (χ0) is 20.8. The first kappa shape index (κ1) is 19.3. The van der Waals surface area contributed by atoms with E-state index in [1.54, 1.807) is 32.9 Å². The Morgan fingerprint density at radius 1 is 1.14 bits per heavy atom. The second-order valence-corrected chi connectivity index (χ2v) is 8.34. The summed E-state index contributed by atoms with van der Waals surface area (Å²) >= 11 is 0. The number of hydrogen-bond acceptors (Lipinski definition) is 5. The number of nitrogens with one attached hydrogen (secondary N) is 1. The summed E-state index contributed by atoms with van der Waals surface area (Å²) in [7, 11) is 0. The summed E-state index contributed by atoms with van der Waals surface area (Å²) in [6.45, 7) is 5.34. The van der Waals surface area contributed by atoms with E-state index in [1.807, 2.05) is 30.3 Å². The van der Waals surface area contributed by atoms with Gasteiger partial charge in [-0.05, 0) is 39.0 Å². The van der Waals surface area contributed by atoms with E-state index in [1.165, 1.54) is 4.90 Å². The number of aliphatic hydroxyl groups is 1. The molecule has 152 valence electrons. The van der Waals surface area contributed by atoms with Crippen LogP contribution in [-0.2, 0) is 9.53 Å². The number of nitrogens with zero attached hydrogens (tertiary/aromatic N) is 1. The van der Waals surface area contributed by atoms with Crippen molar-refractivity contribution in [3.63, 3.8) is 0 Å². The largest absolute Gasteiger partial charge is 0.456 e. The van der Waals surface area contributed by atoms with E-state index < -0.39 is 23.8 Å². The van der Waals surface area contributed by atoms with Gasteiger partial charge >= 0.3 is 6.09 Å². The van der Waals surface area contributed by atoms with Crippen molar-refractivity contribution in [2.75, 3.05) is 11.9 Å². The van der Waals surface area contributed by atoms with Crippen molar-refractivity contribution in [1.29, 1.82) is 0 Å². The molecule has 29 heavy (non-hydrogen) atoms. The number of furan rings is 1. The molecule has 1 aromatic heterocycles. The molecule has 0 bridgehead atoms. The predicted molar refractivity (Wildman–Crippen MR) is 110 cm³/mol. The summed E-state index contributed by atoms with van der Waals surface area (Å²) in [5.41, 5.74) is 1.32. The summed E-state index contributed by atoms with van der Waals surface area (Å²) in [6, 6.07) is 12.4. The molecule has 0 spiro atoms. The van der Waals surface area contributed by atoms with Gasteiger partial charge in [0, 0.05) is 28.9 Å². The quantitative estimate of drug-likeness (QED) is 0.686. The van der Waals surface area contributed by atoms with Gasteiger partial charge < -0.3 is 19.6 Å². The smallest absolute Gasteiger partial charge is 0.411 e. The summed E-state index contributed by atoms with van der Waals surface area (Å²) < 4.78 is 11.2. The summed E-state index contributed by atoms with van der Waals surface area (Å²) in [6.07, 6.45) is -1.21. The van der Waals surface area contributed by atoms with Crippen LogP contribution in [0.15, 0.2) is 46.9 Å². The van der Waals surface area contributed by atoms with Crippen molar-refractivity contribution in [3.05, 3.63) is 42.5 Å². The Morgan fingerprint density at radius 2 is 1.86 bits per heavy atom. The highest BCUT2D eigenvalue weighted by Gasteiger charge is 2.40. The SMILES string of the molecule is CC(C)(C)OC(=O)N1C[C@H](O)C[C@H]1C(=O)Nc1ccc2c(c1)oc1ccccc12. The van der Waals surface area contributed by atoms with Crippen molar-refractivity contribution in [2.24, 2.45) is 0 Å². The topological polar surface area (TPSA) is 92.0 Å². The van der Waals surface area contributed by atoms with Crippen LogP contribution in [-0.4, -0.2) is 46.3 Å². The van der Waals surface area contributed by atoms with Crippen LogP contribution < -0.4 is 5.32 Å². The Kier molecular flexibility index (Phi) is 4.70. The van der Waals surface area contributed by atoms with E-state index >= 15 is 0 Å². The maximum absolute atomic E-state index is 12.8. The number of carbonyl (C=O) groups is 2. The molecule has 3 aromatic rings. The van der Waals surface area contributed by atoms with Crippen molar-refractivity contribution in [2.45, 2.75) is 44.9 Å². The lowest BCUT2D eigenvalue weighted by atomic mass is 10.1. The van der Waals surface area contributed by atoms with Gasteiger partial charge in [0.2, 0.25) is 5.91 Å². The van der Waals surface area contributed by atoms with Crippen molar-refractivity contribution in [1.82, 2.24) is 4.90 Å². The highest BCUT2D eigenvalue weighted by atomic mass is 16.6. The molecular weight excluding hydrogens is 372 g/mol. The second kappa shape index (κ2) is 7.08. The summed E-state index contributed by atoms with van der Waals surface area (Å²) in [4.78, 5) is 26.6. The molecule has 2 amide bonds. The number of anilines is 1. The molecule has 1 fully saturated rings. The van der Waals surface area contributed by atoms with Crippen LogP contribution in [0.25, 0.3) is 21.9 Å². The molecule has 0 radical (unpaired) electrons. The number of rotatable bonds is 2. The number of likely N-dealkylation sites (tertiary alicyclic amines) is 1. The minimum absolute atomic E-state index is 0.0651. The van der Waals surface area contributed by atoms with Crippen LogP contribution in [0.2, 0.25) is 0 Å². The Balaban J connectivity index is 1.54. The minimum Gasteiger partial charge on any atom is -0.456 e. The highest BCUT2D eigenvalue weighted by molar-refractivity contribution is 6.06. The van der Waals surface area contributed by atoms with Gasteiger partial charge in [-0.3, -0.25) is 9.69 Å². The van der Waals surface area contributed by atoms with E-state index in [0.29, 0.717) is 11.3 Å². The van der Waals surface area contributed by atoms with Gasteiger partial charge in [0.1, 0.15) is 22.8 Å². The van der Waals surface area contributed by atoms with Gasteiger partial charge in [0.25, 0.3) is 0 Å². The zero-order valence-electron chi connectivity index (χ0n) is 16.6. The number of β-amino-alcohol motifs (C(OH)–C–C–N with tert-alkyl or cyclic N) is 1. The van der Waals surface area contributed by atoms with Crippen molar-refractivity contribution < 1.29 is 23.8 Å². The number of hydrogen-bond donors (Lipinski definition) is 2. The number of para-hydroxylation sites is 1. The molecule has 0 aliphatic carbocycles. The maximum atomic E-state index is 12.8. The van der Waals surface area contributed by atoms with E-state index in [4.69, 9.17) is 9.15 Å². The molecule has 1 aliphatic heterocycles. The molecule has 7 heteroatoms.